The number of likely N-dealkylation sites (tertiary alicyclic amines) is 1. The number of hydrogen-bond acceptors (Lipinski definition) is 3. The van der Waals surface area contributed by atoms with E-state index >= 15 is 0 Å². The van der Waals surface area contributed by atoms with Gasteiger partial charge in [0.25, 0.3) is 0 Å². The molecule has 19 heavy (non-hydrogen) atoms. The molecule has 1 aliphatic rings. The van der Waals surface area contributed by atoms with E-state index in [0.717, 1.165) is 25.6 Å². The summed E-state index contributed by atoms with van der Waals surface area (Å²) in [7, 11) is 0. The number of piperidine rings is 1. The van der Waals surface area contributed by atoms with Crippen LogP contribution in [0.4, 0.5) is 0 Å². The molecule has 0 spiro atoms. The van der Waals surface area contributed by atoms with Gasteiger partial charge in [0, 0.05) is 24.8 Å². The van der Waals surface area contributed by atoms with E-state index < -0.39 is 0 Å². The Kier molecular flexibility index (Phi) is 7.42. The van der Waals surface area contributed by atoms with Crippen molar-refractivity contribution in [2.75, 3.05) is 26.2 Å². The maximum absolute atomic E-state index is 4.34. The van der Waals surface area contributed by atoms with Gasteiger partial charge in [-0.15, -0.1) is 12.4 Å². The average Bonchev–Trinajstić information content (AvgIpc) is 2.86. The van der Waals surface area contributed by atoms with Crippen LogP contribution in [0.5, 0.6) is 0 Å². The molecule has 1 fully saturated rings. The maximum atomic E-state index is 4.34. The van der Waals surface area contributed by atoms with Crippen molar-refractivity contribution in [3.8, 4) is 0 Å². The predicted octanol–water partition coefficient (Wildman–Crippen LogP) is 2.15. The number of aromatic nitrogens is 2. The van der Waals surface area contributed by atoms with Gasteiger partial charge < -0.3 is 5.32 Å². The summed E-state index contributed by atoms with van der Waals surface area (Å²) in [4.78, 5) is 2.56. The Bertz CT molecular complexity index is 345. The third kappa shape index (κ3) is 5.13. The van der Waals surface area contributed by atoms with Crippen LogP contribution < -0.4 is 5.32 Å². The molecule has 0 aliphatic carbocycles. The van der Waals surface area contributed by atoms with E-state index in [1.165, 1.54) is 38.0 Å². The van der Waals surface area contributed by atoms with Crippen molar-refractivity contribution >= 4 is 12.4 Å². The molecule has 2 heterocycles. The van der Waals surface area contributed by atoms with E-state index in [2.05, 4.69) is 35.4 Å². The maximum Gasteiger partial charge on any atom is 0.0534 e. The third-order valence-corrected chi connectivity index (χ3v) is 3.81. The second-order valence-corrected chi connectivity index (χ2v) is 5.23. The topological polar surface area (TPSA) is 33.1 Å². The molecule has 0 atom stereocenters. The van der Waals surface area contributed by atoms with Gasteiger partial charge in [0.05, 0.1) is 6.20 Å². The number of aryl methyl sites for hydroxylation is 1. The molecular weight excluding hydrogens is 260 g/mol. The summed E-state index contributed by atoms with van der Waals surface area (Å²) in [6.07, 6.45) is 6.84. The highest BCUT2D eigenvalue weighted by Gasteiger charge is 2.18. The normalized spacial score (nSPS) is 17.4. The fraction of sp³-hybridized carbons (Fsp3) is 0.786. The molecule has 4 nitrogen and oxygen atoms in total. The Morgan fingerprint density at radius 1 is 1.32 bits per heavy atom. The molecule has 0 radical (unpaired) electrons. The summed E-state index contributed by atoms with van der Waals surface area (Å²) in [6, 6.07) is 0. The molecule has 1 aliphatic heterocycles. The Labute approximate surface area is 123 Å². The van der Waals surface area contributed by atoms with Gasteiger partial charge in [0.2, 0.25) is 0 Å². The van der Waals surface area contributed by atoms with Crippen molar-refractivity contribution in [2.45, 2.75) is 39.8 Å². The van der Waals surface area contributed by atoms with Crippen molar-refractivity contribution < 1.29 is 0 Å². The van der Waals surface area contributed by atoms with E-state index in [1.807, 2.05) is 10.9 Å². The SMILES string of the molecule is CCNCC1CCN(Cc2cnn(CC)c2)CC1.Cl. The summed E-state index contributed by atoms with van der Waals surface area (Å²) in [6.45, 7) is 11.1. The molecular formula is C14H27ClN4. The van der Waals surface area contributed by atoms with E-state index in [4.69, 9.17) is 0 Å². The van der Waals surface area contributed by atoms with E-state index in [9.17, 15) is 0 Å². The summed E-state index contributed by atoms with van der Waals surface area (Å²) in [5, 5.41) is 7.80. The zero-order chi connectivity index (χ0) is 12.8. The van der Waals surface area contributed by atoms with E-state index in [1.54, 1.807) is 0 Å². The minimum Gasteiger partial charge on any atom is -0.317 e. The zero-order valence-corrected chi connectivity index (χ0v) is 13.0. The molecule has 0 bridgehead atoms. The van der Waals surface area contributed by atoms with Gasteiger partial charge in [-0.1, -0.05) is 6.92 Å². The molecule has 5 heteroatoms. The summed E-state index contributed by atoms with van der Waals surface area (Å²) >= 11 is 0. The monoisotopic (exact) mass is 286 g/mol. The fourth-order valence-corrected chi connectivity index (χ4v) is 2.62. The van der Waals surface area contributed by atoms with Crippen LogP contribution in [0.25, 0.3) is 0 Å². The van der Waals surface area contributed by atoms with Crippen molar-refractivity contribution in [2.24, 2.45) is 5.92 Å². The molecule has 1 saturated heterocycles. The molecule has 1 aromatic rings. The van der Waals surface area contributed by atoms with E-state index in [-0.39, 0.29) is 12.4 Å². The van der Waals surface area contributed by atoms with Gasteiger partial charge in [0.15, 0.2) is 0 Å². The van der Waals surface area contributed by atoms with Crippen LogP contribution in [-0.4, -0.2) is 40.9 Å². The van der Waals surface area contributed by atoms with Crippen molar-refractivity contribution in [1.82, 2.24) is 20.0 Å². The second kappa shape index (κ2) is 8.56. The lowest BCUT2D eigenvalue weighted by Gasteiger charge is -2.31. The van der Waals surface area contributed by atoms with Gasteiger partial charge in [-0.05, 0) is 51.9 Å². The highest BCUT2D eigenvalue weighted by molar-refractivity contribution is 5.85. The molecule has 1 aromatic heterocycles. The van der Waals surface area contributed by atoms with Crippen molar-refractivity contribution in [3.63, 3.8) is 0 Å². The van der Waals surface area contributed by atoms with Crippen LogP contribution in [-0.2, 0) is 13.1 Å². The third-order valence-electron chi connectivity index (χ3n) is 3.81. The number of halogens is 1. The first-order chi connectivity index (χ1) is 8.81. The first kappa shape index (κ1) is 16.5. The molecule has 2 rings (SSSR count). The lowest BCUT2D eigenvalue weighted by atomic mass is 9.96. The number of rotatable bonds is 6. The number of nitrogens with zero attached hydrogens (tertiary/aromatic N) is 3. The molecule has 0 unspecified atom stereocenters. The fourth-order valence-electron chi connectivity index (χ4n) is 2.62. The predicted molar refractivity (Wildman–Crippen MR) is 81.7 cm³/mol. The highest BCUT2D eigenvalue weighted by atomic mass is 35.5. The van der Waals surface area contributed by atoms with Gasteiger partial charge in [-0.25, -0.2) is 0 Å². The second-order valence-electron chi connectivity index (χ2n) is 5.23. The van der Waals surface area contributed by atoms with Crippen LogP contribution in [0.1, 0.15) is 32.3 Å². The lowest BCUT2D eigenvalue weighted by molar-refractivity contribution is 0.176. The molecule has 0 saturated carbocycles. The Morgan fingerprint density at radius 3 is 2.63 bits per heavy atom. The van der Waals surface area contributed by atoms with Gasteiger partial charge >= 0.3 is 0 Å². The minimum atomic E-state index is 0. The highest BCUT2D eigenvalue weighted by Crippen LogP contribution is 2.18. The van der Waals surface area contributed by atoms with Crippen LogP contribution in [0.2, 0.25) is 0 Å². The van der Waals surface area contributed by atoms with Crippen molar-refractivity contribution in [1.29, 1.82) is 0 Å². The van der Waals surface area contributed by atoms with Gasteiger partial charge in [-0.2, -0.15) is 5.10 Å². The van der Waals surface area contributed by atoms with Crippen LogP contribution in [0.15, 0.2) is 12.4 Å². The van der Waals surface area contributed by atoms with Gasteiger partial charge in [0.1, 0.15) is 0 Å². The van der Waals surface area contributed by atoms with Crippen LogP contribution >= 0.6 is 12.4 Å². The summed E-state index contributed by atoms with van der Waals surface area (Å²) in [5.74, 6) is 0.875. The largest absolute Gasteiger partial charge is 0.317 e. The first-order valence-electron chi connectivity index (χ1n) is 7.26. The van der Waals surface area contributed by atoms with Crippen LogP contribution in [0, 0.1) is 5.92 Å². The van der Waals surface area contributed by atoms with Crippen LogP contribution in [0.3, 0.4) is 0 Å². The van der Waals surface area contributed by atoms with E-state index in [0.29, 0.717) is 0 Å². The number of hydrogen-bond donors (Lipinski definition) is 1. The minimum absolute atomic E-state index is 0. The standard InChI is InChI=1S/C14H26N4.ClH/c1-3-15-9-13-5-7-17(8-6-13)11-14-10-16-18(4-2)12-14;/h10,12-13,15H,3-9,11H2,1-2H3;1H. The molecule has 110 valence electrons. The lowest BCUT2D eigenvalue weighted by Crippen LogP contribution is -2.36. The Hall–Kier alpha value is -0.580. The summed E-state index contributed by atoms with van der Waals surface area (Å²) in [5.41, 5.74) is 1.35. The zero-order valence-electron chi connectivity index (χ0n) is 12.1. The molecule has 1 N–H and O–H groups in total. The molecule has 0 aromatic carbocycles. The smallest absolute Gasteiger partial charge is 0.0534 e. The Balaban J connectivity index is 0.00000180. The van der Waals surface area contributed by atoms with Gasteiger partial charge in [-0.3, -0.25) is 9.58 Å². The molecule has 0 amide bonds. The summed E-state index contributed by atoms with van der Waals surface area (Å²) < 4.78 is 2.01. The number of nitrogens with one attached hydrogen (secondary N) is 1. The van der Waals surface area contributed by atoms with Crippen molar-refractivity contribution in [3.05, 3.63) is 18.0 Å². The quantitative estimate of drug-likeness (QED) is 0.870. The Morgan fingerprint density at radius 2 is 2.05 bits per heavy atom. The first-order valence-corrected chi connectivity index (χ1v) is 7.26. The average molecular weight is 287 g/mol.